The Morgan fingerprint density at radius 2 is 2.05 bits per heavy atom. The molecule has 0 bridgehead atoms. The Labute approximate surface area is 134 Å². The van der Waals surface area contributed by atoms with Gasteiger partial charge in [-0.05, 0) is 35.8 Å². The number of rotatable bonds is 4. The number of nitrogens with zero attached hydrogens (tertiary/aromatic N) is 1. The summed E-state index contributed by atoms with van der Waals surface area (Å²) < 4.78 is 0. The number of hydrogen-bond acceptors (Lipinski definition) is 5. The summed E-state index contributed by atoms with van der Waals surface area (Å²) in [7, 11) is 0. The molecule has 0 unspecified atom stereocenters. The maximum atomic E-state index is 11.6. The van der Waals surface area contributed by atoms with Crippen molar-refractivity contribution in [2.75, 3.05) is 17.6 Å². The lowest BCUT2D eigenvalue weighted by Gasteiger charge is -2.15. The first-order chi connectivity index (χ1) is 10.3. The highest BCUT2D eigenvalue weighted by molar-refractivity contribution is 7.21. The zero-order valence-electron chi connectivity index (χ0n) is 13.2. The topological polar surface area (TPSA) is 94.0 Å². The number of pyridine rings is 1. The van der Waals surface area contributed by atoms with Crippen LogP contribution in [0.15, 0.2) is 0 Å². The Balaban J connectivity index is 2.25. The van der Waals surface area contributed by atoms with E-state index >= 15 is 0 Å². The number of thiophene rings is 1. The second-order valence-corrected chi connectivity index (χ2v) is 7.75. The van der Waals surface area contributed by atoms with Crippen LogP contribution in [0.25, 0.3) is 10.2 Å². The van der Waals surface area contributed by atoms with Crippen LogP contribution in [0, 0.1) is 5.41 Å². The predicted octanol–water partition coefficient (Wildman–Crippen LogP) is 2.92. The molecule has 118 valence electrons. The summed E-state index contributed by atoms with van der Waals surface area (Å²) in [6, 6.07) is 0. The molecule has 0 saturated heterocycles. The lowest BCUT2D eigenvalue weighted by Crippen LogP contribution is -2.11. The number of nitrogen functional groups attached to an aromatic ring is 1. The highest BCUT2D eigenvalue weighted by Crippen LogP contribution is 2.46. The van der Waals surface area contributed by atoms with Crippen molar-refractivity contribution in [3.05, 3.63) is 16.0 Å². The van der Waals surface area contributed by atoms with Crippen molar-refractivity contribution in [1.29, 1.82) is 0 Å². The molecule has 2 heterocycles. The normalized spacial score (nSPS) is 16.0. The highest BCUT2D eigenvalue weighted by Gasteiger charge is 2.34. The smallest absolute Gasteiger partial charge is 0.260 e. The number of nitrogens with two attached hydrogens (primary N) is 2. The van der Waals surface area contributed by atoms with Crippen LogP contribution in [0.3, 0.4) is 0 Å². The number of fused-ring (bicyclic) bond motifs is 3. The van der Waals surface area contributed by atoms with Gasteiger partial charge in [0.25, 0.3) is 5.91 Å². The summed E-state index contributed by atoms with van der Waals surface area (Å²) in [5.74, 6) is 0.460. The van der Waals surface area contributed by atoms with Gasteiger partial charge in [-0.15, -0.1) is 11.3 Å². The molecule has 6 heteroatoms. The molecule has 0 aliphatic heterocycles. The van der Waals surface area contributed by atoms with E-state index in [4.69, 9.17) is 16.5 Å². The third-order valence-corrected chi connectivity index (χ3v) is 5.28. The minimum Gasteiger partial charge on any atom is -0.397 e. The largest absolute Gasteiger partial charge is 0.397 e. The SMILES string of the molecule is CCCNc1nc2sc(C(N)=O)c(N)c2c2c1CC(C)(C)C2. The van der Waals surface area contributed by atoms with Gasteiger partial charge in [0.05, 0.1) is 5.69 Å². The van der Waals surface area contributed by atoms with E-state index < -0.39 is 5.91 Å². The quantitative estimate of drug-likeness (QED) is 0.808. The fraction of sp³-hybridized carbons (Fsp3) is 0.500. The molecule has 5 N–H and O–H groups in total. The van der Waals surface area contributed by atoms with Crippen LogP contribution in [-0.4, -0.2) is 17.4 Å². The number of primary amides is 1. The predicted molar refractivity (Wildman–Crippen MR) is 92.5 cm³/mol. The first-order valence-electron chi connectivity index (χ1n) is 7.61. The van der Waals surface area contributed by atoms with Crippen LogP contribution < -0.4 is 16.8 Å². The van der Waals surface area contributed by atoms with Gasteiger partial charge in [0.1, 0.15) is 15.5 Å². The van der Waals surface area contributed by atoms with Gasteiger partial charge < -0.3 is 16.8 Å². The fourth-order valence-corrected chi connectivity index (χ4v) is 4.22. The zero-order valence-corrected chi connectivity index (χ0v) is 14.1. The van der Waals surface area contributed by atoms with Crippen LogP contribution in [0.2, 0.25) is 0 Å². The van der Waals surface area contributed by atoms with Crippen molar-refractivity contribution in [1.82, 2.24) is 4.98 Å². The van der Waals surface area contributed by atoms with Crippen LogP contribution in [0.5, 0.6) is 0 Å². The first kappa shape index (κ1) is 15.1. The van der Waals surface area contributed by atoms with E-state index in [9.17, 15) is 4.79 Å². The summed E-state index contributed by atoms with van der Waals surface area (Å²) >= 11 is 1.30. The van der Waals surface area contributed by atoms with Gasteiger partial charge in [0.2, 0.25) is 0 Å². The molecule has 0 spiro atoms. The summed E-state index contributed by atoms with van der Waals surface area (Å²) in [4.78, 5) is 17.5. The molecule has 22 heavy (non-hydrogen) atoms. The van der Waals surface area contributed by atoms with Crippen LogP contribution >= 0.6 is 11.3 Å². The van der Waals surface area contributed by atoms with Gasteiger partial charge in [-0.3, -0.25) is 4.79 Å². The van der Waals surface area contributed by atoms with Gasteiger partial charge in [0, 0.05) is 11.9 Å². The summed E-state index contributed by atoms with van der Waals surface area (Å²) in [6.45, 7) is 7.51. The summed E-state index contributed by atoms with van der Waals surface area (Å²) in [6.07, 6.45) is 2.96. The lowest BCUT2D eigenvalue weighted by atomic mass is 9.90. The molecular formula is C16H22N4OS. The standard InChI is InChI=1S/C16H22N4OS/c1-4-5-19-14-9-7-16(2,3)6-8(9)10-11(17)12(13(18)21)22-15(10)20-14/h4-7,17H2,1-3H3,(H2,18,21)(H,19,20). The Morgan fingerprint density at radius 3 is 2.68 bits per heavy atom. The Kier molecular flexibility index (Phi) is 3.51. The highest BCUT2D eigenvalue weighted by atomic mass is 32.1. The Hall–Kier alpha value is -1.82. The molecule has 1 aliphatic rings. The van der Waals surface area contributed by atoms with E-state index in [1.807, 2.05) is 0 Å². The van der Waals surface area contributed by atoms with Crippen molar-refractivity contribution >= 4 is 39.0 Å². The molecule has 2 aromatic heterocycles. The number of carbonyl (C=O) groups is 1. The lowest BCUT2D eigenvalue weighted by molar-refractivity contribution is 0.100. The van der Waals surface area contributed by atoms with Crippen molar-refractivity contribution in [3.63, 3.8) is 0 Å². The van der Waals surface area contributed by atoms with E-state index in [-0.39, 0.29) is 5.41 Å². The van der Waals surface area contributed by atoms with Crippen molar-refractivity contribution < 1.29 is 4.79 Å². The van der Waals surface area contributed by atoms with Gasteiger partial charge in [0.15, 0.2) is 0 Å². The second-order valence-electron chi connectivity index (χ2n) is 6.75. The van der Waals surface area contributed by atoms with Crippen molar-refractivity contribution in [2.45, 2.75) is 40.0 Å². The Bertz CT molecular complexity index is 763. The summed E-state index contributed by atoms with van der Waals surface area (Å²) in [5, 5.41) is 4.35. The summed E-state index contributed by atoms with van der Waals surface area (Å²) in [5.41, 5.74) is 14.8. The fourth-order valence-electron chi connectivity index (χ4n) is 3.24. The van der Waals surface area contributed by atoms with Gasteiger partial charge in [-0.2, -0.15) is 0 Å². The third-order valence-electron chi connectivity index (χ3n) is 4.17. The second kappa shape index (κ2) is 5.12. The van der Waals surface area contributed by atoms with Gasteiger partial charge in [-0.25, -0.2) is 4.98 Å². The van der Waals surface area contributed by atoms with Gasteiger partial charge in [-0.1, -0.05) is 20.8 Å². The minimum atomic E-state index is -0.477. The van der Waals surface area contributed by atoms with E-state index in [0.717, 1.165) is 41.8 Å². The average Bonchev–Trinajstić information content (AvgIpc) is 2.92. The van der Waals surface area contributed by atoms with Crippen molar-refractivity contribution in [3.8, 4) is 0 Å². The van der Waals surface area contributed by atoms with Crippen molar-refractivity contribution in [2.24, 2.45) is 11.1 Å². The maximum Gasteiger partial charge on any atom is 0.260 e. The molecule has 3 rings (SSSR count). The van der Waals surface area contributed by atoms with E-state index in [1.165, 1.54) is 22.5 Å². The molecule has 0 atom stereocenters. The average molecular weight is 318 g/mol. The van der Waals surface area contributed by atoms with Crippen LogP contribution in [0.4, 0.5) is 11.5 Å². The molecule has 2 aromatic rings. The van der Waals surface area contributed by atoms with E-state index in [2.05, 4.69) is 26.1 Å². The monoisotopic (exact) mass is 318 g/mol. The number of aromatic nitrogens is 1. The Morgan fingerprint density at radius 1 is 1.36 bits per heavy atom. The number of nitrogens with one attached hydrogen (secondary N) is 1. The molecule has 0 radical (unpaired) electrons. The van der Waals surface area contributed by atoms with E-state index in [1.54, 1.807) is 0 Å². The molecular weight excluding hydrogens is 296 g/mol. The molecule has 0 fully saturated rings. The number of hydrogen-bond donors (Lipinski definition) is 3. The molecule has 5 nitrogen and oxygen atoms in total. The molecule has 1 amide bonds. The number of amides is 1. The molecule has 0 aromatic carbocycles. The van der Waals surface area contributed by atoms with E-state index in [0.29, 0.717) is 10.6 Å². The number of carbonyl (C=O) groups excluding carboxylic acids is 1. The minimum absolute atomic E-state index is 0.183. The number of anilines is 2. The third kappa shape index (κ3) is 2.31. The van der Waals surface area contributed by atoms with Gasteiger partial charge >= 0.3 is 0 Å². The molecule has 0 saturated carbocycles. The first-order valence-corrected chi connectivity index (χ1v) is 8.43. The molecule has 1 aliphatic carbocycles. The zero-order chi connectivity index (χ0) is 16.1. The maximum absolute atomic E-state index is 11.6. The van der Waals surface area contributed by atoms with Crippen LogP contribution in [0.1, 0.15) is 48.0 Å². The van der Waals surface area contributed by atoms with Crippen LogP contribution in [-0.2, 0) is 12.8 Å².